The molecule has 1 aliphatic carbocycles. The monoisotopic (exact) mass is 281 g/mol. The van der Waals surface area contributed by atoms with Gasteiger partial charge in [-0.2, -0.15) is 0 Å². The van der Waals surface area contributed by atoms with E-state index in [2.05, 4.69) is 12.2 Å². The molecule has 0 amide bonds. The van der Waals surface area contributed by atoms with Crippen LogP contribution in [0.5, 0.6) is 0 Å². The van der Waals surface area contributed by atoms with Crippen LogP contribution in [0.3, 0.4) is 0 Å². The van der Waals surface area contributed by atoms with Crippen LogP contribution in [0, 0.1) is 11.8 Å². The highest BCUT2D eigenvalue weighted by molar-refractivity contribution is 7.90. The van der Waals surface area contributed by atoms with Gasteiger partial charge >= 0.3 is 0 Å². The highest BCUT2D eigenvalue weighted by Gasteiger charge is 2.17. The second-order valence-corrected chi connectivity index (χ2v) is 7.82. The van der Waals surface area contributed by atoms with Crippen LogP contribution in [0.4, 0.5) is 5.69 Å². The second-order valence-electron chi connectivity index (χ2n) is 5.80. The molecule has 0 radical (unpaired) electrons. The van der Waals surface area contributed by atoms with E-state index in [0.717, 1.165) is 24.1 Å². The van der Waals surface area contributed by atoms with Crippen molar-refractivity contribution in [2.24, 2.45) is 11.8 Å². The van der Waals surface area contributed by atoms with E-state index >= 15 is 0 Å². The molecule has 1 aromatic rings. The molecule has 106 valence electrons. The summed E-state index contributed by atoms with van der Waals surface area (Å²) >= 11 is 0. The highest BCUT2D eigenvalue weighted by Crippen LogP contribution is 2.28. The third-order valence-electron chi connectivity index (χ3n) is 4.01. The molecule has 0 saturated heterocycles. The van der Waals surface area contributed by atoms with Gasteiger partial charge in [0.25, 0.3) is 0 Å². The quantitative estimate of drug-likeness (QED) is 0.921. The summed E-state index contributed by atoms with van der Waals surface area (Å²) in [5.41, 5.74) is 1.01. The van der Waals surface area contributed by atoms with Crippen LogP contribution in [-0.4, -0.2) is 21.2 Å². The van der Waals surface area contributed by atoms with Gasteiger partial charge in [0.2, 0.25) is 0 Å². The topological polar surface area (TPSA) is 46.2 Å². The van der Waals surface area contributed by atoms with E-state index in [1.807, 2.05) is 12.1 Å². The first-order valence-electron chi connectivity index (χ1n) is 6.99. The van der Waals surface area contributed by atoms with E-state index in [4.69, 9.17) is 0 Å². The Hall–Kier alpha value is -1.03. The van der Waals surface area contributed by atoms with Crippen molar-refractivity contribution in [3.63, 3.8) is 0 Å². The summed E-state index contributed by atoms with van der Waals surface area (Å²) in [5, 5.41) is 3.41. The lowest BCUT2D eigenvalue weighted by molar-refractivity contribution is 0.300. The Bertz CT molecular complexity index is 499. The maximum absolute atomic E-state index is 11.4. The van der Waals surface area contributed by atoms with Gasteiger partial charge in [0.05, 0.1) is 4.90 Å². The van der Waals surface area contributed by atoms with Crippen molar-refractivity contribution in [1.29, 1.82) is 0 Å². The van der Waals surface area contributed by atoms with Gasteiger partial charge in [-0.3, -0.25) is 0 Å². The van der Waals surface area contributed by atoms with Crippen LogP contribution in [0.2, 0.25) is 0 Å². The minimum atomic E-state index is -3.09. The first-order chi connectivity index (χ1) is 8.95. The van der Waals surface area contributed by atoms with Crippen molar-refractivity contribution in [3.05, 3.63) is 24.3 Å². The van der Waals surface area contributed by atoms with Crippen LogP contribution in [0.1, 0.15) is 32.6 Å². The largest absolute Gasteiger partial charge is 0.385 e. The lowest BCUT2D eigenvalue weighted by atomic mass is 9.83. The zero-order valence-corrected chi connectivity index (χ0v) is 12.5. The molecule has 1 N–H and O–H groups in total. The van der Waals surface area contributed by atoms with Gasteiger partial charge in [0.15, 0.2) is 9.84 Å². The number of sulfone groups is 1. The molecule has 1 saturated carbocycles. The van der Waals surface area contributed by atoms with E-state index in [0.29, 0.717) is 4.90 Å². The van der Waals surface area contributed by atoms with Gasteiger partial charge in [0.1, 0.15) is 0 Å². The van der Waals surface area contributed by atoms with Crippen LogP contribution in [0.25, 0.3) is 0 Å². The fourth-order valence-electron chi connectivity index (χ4n) is 2.62. The van der Waals surface area contributed by atoms with E-state index in [9.17, 15) is 8.42 Å². The maximum Gasteiger partial charge on any atom is 0.175 e. The molecule has 0 aliphatic heterocycles. The standard InChI is InChI=1S/C15H23NO2S/c1-12-3-5-13(6-4-12)11-16-14-7-9-15(10-8-14)19(2,17)18/h7-10,12-13,16H,3-6,11H2,1-2H3. The fourth-order valence-corrected chi connectivity index (χ4v) is 3.25. The Morgan fingerprint density at radius 2 is 1.68 bits per heavy atom. The van der Waals surface area contributed by atoms with Crippen molar-refractivity contribution >= 4 is 15.5 Å². The SMILES string of the molecule is CC1CCC(CNc2ccc(S(C)(=O)=O)cc2)CC1. The van der Waals surface area contributed by atoms with E-state index in [1.54, 1.807) is 12.1 Å². The van der Waals surface area contributed by atoms with Crippen LogP contribution >= 0.6 is 0 Å². The summed E-state index contributed by atoms with van der Waals surface area (Å²) in [7, 11) is -3.09. The third kappa shape index (κ3) is 4.23. The van der Waals surface area contributed by atoms with Gasteiger partial charge in [-0.05, 0) is 48.9 Å². The van der Waals surface area contributed by atoms with Gasteiger partial charge in [0, 0.05) is 18.5 Å². The van der Waals surface area contributed by atoms with Crippen molar-refractivity contribution in [2.75, 3.05) is 18.1 Å². The van der Waals surface area contributed by atoms with E-state index in [1.165, 1.54) is 31.9 Å². The van der Waals surface area contributed by atoms with Crippen molar-refractivity contribution < 1.29 is 8.42 Å². The molecule has 1 aromatic carbocycles. The molecule has 3 nitrogen and oxygen atoms in total. The second kappa shape index (κ2) is 5.95. The molecule has 0 spiro atoms. The molecule has 0 atom stereocenters. The minimum Gasteiger partial charge on any atom is -0.385 e. The Kier molecular flexibility index (Phi) is 4.50. The fraction of sp³-hybridized carbons (Fsp3) is 0.600. The maximum atomic E-state index is 11.4. The molecule has 0 aromatic heterocycles. The van der Waals surface area contributed by atoms with Crippen molar-refractivity contribution in [3.8, 4) is 0 Å². The molecule has 0 heterocycles. The predicted molar refractivity (Wildman–Crippen MR) is 79.2 cm³/mol. The summed E-state index contributed by atoms with van der Waals surface area (Å²) < 4.78 is 22.7. The van der Waals surface area contributed by atoms with Crippen molar-refractivity contribution in [2.45, 2.75) is 37.5 Å². The molecule has 2 rings (SSSR count). The molecule has 0 unspecified atom stereocenters. The normalized spacial score (nSPS) is 24.1. The summed E-state index contributed by atoms with van der Waals surface area (Å²) in [5.74, 6) is 1.64. The zero-order chi connectivity index (χ0) is 13.9. The lowest BCUT2D eigenvalue weighted by Gasteiger charge is -2.26. The zero-order valence-electron chi connectivity index (χ0n) is 11.7. The molecular formula is C15H23NO2S. The number of hydrogen-bond donors (Lipinski definition) is 1. The average molecular weight is 281 g/mol. The molecule has 4 heteroatoms. The number of benzene rings is 1. The number of anilines is 1. The lowest BCUT2D eigenvalue weighted by Crippen LogP contribution is -2.20. The first-order valence-corrected chi connectivity index (χ1v) is 8.88. The van der Waals surface area contributed by atoms with Crippen molar-refractivity contribution in [1.82, 2.24) is 0 Å². The first kappa shape index (κ1) is 14.4. The smallest absolute Gasteiger partial charge is 0.175 e. The highest BCUT2D eigenvalue weighted by atomic mass is 32.2. The molecule has 1 fully saturated rings. The Balaban J connectivity index is 1.87. The number of nitrogens with one attached hydrogen (secondary N) is 1. The minimum absolute atomic E-state index is 0.379. The number of hydrogen-bond acceptors (Lipinski definition) is 3. The van der Waals surface area contributed by atoms with E-state index < -0.39 is 9.84 Å². The summed E-state index contributed by atoms with van der Waals surface area (Å²) in [6.07, 6.45) is 6.50. The number of rotatable bonds is 4. The van der Waals surface area contributed by atoms with Crippen LogP contribution in [-0.2, 0) is 9.84 Å². The Labute approximate surface area is 116 Å². The van der Waals surface area contributed by atoms with Gasteiger partial charge < -0.3 is 5.32 Å². The Morgan fingerprint density at radius 3 is 2.21 bits per heavy atom. The third-order valence-corrected chi connectivity index (χ3v) is 5.14. The van der Waals surface area contributed by atoms with Crippen LogP contribution in [0.15, 0.2) is 29.2 Å². The molecular weight excluding hydrogens is 258 g/mol. The Morgan fingerprint density at radius 1 is 1.11 bits per heavy atom. The average Bonchev–Trinajstić information content (AvgIpc) is 2.37. The van der Waals surface area contributed by atoms with E-state index in [-0.39, 0.29) is 0 Å². The molecule has 19 heavy (non-hydrogen) atoms. The van der Waals surface area contributed by atoms with Gasteiger partial charge in [-0.1, -0.05) is 19.8 Å². The predicted octanol–water partition coefficient (Wildman–Crippen LogP) is 3.33. The van der Waals surface area contributed by atoms with Crippen LogP contribution < -0.4 is 5.32 Å². The molecule has 0 bridgehead atoms. The summed E-state index contributed by atoms with van der Waals surface area (Å²) in [6.45, 7) is 3.32. The summed E-state index contributed by atoms with van der Waals surface area (Å²) in [4.78, 5) is 0.379. The summed E-state index contributed by atoms with van der Waals surface area (Å²) in [6, 6.07) is 7.03. The van der Waals surface area contributed by atoms with Gasteiger partial charge in [-0.25, -0.2) is 8.42 Å². The van der Waals surface area contributed by atoms with Gasteiger partial charge in [-0.15, -0.1) is 0 Å². The molecule has 1 aliphatic rings.